The Bertz CT molecular complexity index is 544. The molecule has 2 amide bonds. The molecule has 0 aliphatic carbocycles. The first-order valence-corrected chi connectivity index (χ1v) is 9.16. The maximum atomic E-state index is 12.3. The van der Waals surface area contributed by atoms with Crippen LogP contribution in [0.2, 0.25) is 0 Å². The molecule has 23 heavy (non-hydrogen) atoms. The summed E-state index contributed by atoms with van der Waals surface area (Å²) in [5, 5.41) is 3.23. The van der Waals surface area contributed by atoms with Gasteiger partial charge in [0.15, 0.2) is 0 Å². The first-order chi connectivity index (χ1) is 11.2. The minimum atomic E-state index is 0.0959. The molecule has 1 aromatic rings. The standard InChI is InChI=1S/C17H23N3O2S/c21-16(18-12-14-4-2-1-3-5-14)15-6-8-19(9-7-15)13-20-10-11-23-17(20)22/h1-5,15H,6-13H2,(H,18,21). The van der Waals surface area contributed by atoms with Gasteiger partial charge in [0.25, 0.3) is 5.24 Å². The Morgan fingerprint density at radius 3 is 2.57 bits per heavy atom. The molecule has 0 aromatic heterocycles. The van der Waals surface area contributed by atoms with Gasteiger partial charge in [-0.2, -0.15) is 0 Å². The Morgan fingerprint density at radius 2 is 1.91 bits per heavy atom. The highest BCUT2D eigenvalue weighted by molar-refractivity contribution is 8.13. The predicted molar refractivity (Wildman–Crippen MR) is 92.0 cm³/mol. The molecule has 1 N–H and O–H groups in total. The molecule has 2 aliphatic rings. The van der Waals surface area contributed by atoms with Crippen LogP contribution in [0.4, 0.5) is 4.79 Å². The van der Waals surface area contributed by atoms with Crippen LogP contribution in [0.3, 0.4) is 0 Å². The van der Waals surface area contributed by atoms with Crippen molar-refractivity contribution >= 4 is 22.9 Å². The van der Waals surface area contributed by atoms with Crippen LogP contribution in [0.1, 0.15) is 18.4 Å². The second kappa shape index (κ2) is 7.84. The minimum absolute atomic E-state index is 0.0959. The average Bonchev–Trinajstić information content (AvgIpc) is 2.99. The van der Waals surface area contributed by atoms with Crippen molar-refractivity contribution in [3.63, 3.8) is 0 Å². The third kappa shape index (κ3) is 4.48. The third-order valence-corrected chi connectivity index (χ3v) is 5.38. The average molecular weight is 333 g/mol. The number of carbonyl (C=O) groups is 2. The van der Waals surface area contributed by atoms with Crippen LogP contribution in [0.15, 0.2) is 30.3 Å². The molecule has 0 unspecified atom stereocenters. The summed E-state index contributed by atoms with van der Waals surface area (Å²) in [6.45, 7) is 3.93. The van der Waals surface area contributed by atoms with Gasteiger partial charge in [-0.05, 0) is 18.4 Å². The lowest BCUT2D eigenvalue weighted by molar-refractivity contribution is -0.126. The molecule has 3 rings (SSSR count). The van der Waals surface area contributed by atoms with E-state index in [-0.39, 0.29) is 17.1 Å². The quantitative estimate of drug-likeness (QED) is 0.897. The van der Waals surface area contributed by atoms with Crippen molar-refractivity contribution in [3.8, 4) is 0 Å². The molecule has 0 bridgehead atoms. The second-order valence-electron chi connectivity index (χ2n) is 6.11. The van der Waals surface area contributed by atoms with Crippen molar-refractivity contribution in [2.45, 2.75) is 19.4 Å². The molecular formula is C17H23N3O2S. The maximum absolute atomic E-state index is 12.3. The Kier molecular flexibility index (Phi) is 5.56. The van der Waals surface area contributed by atoms with Crippen LogP contribution >= 0.6 is 11.8 Å². The van der Waals surface area contributed by atoms with Gasteiger partial charge in [-0.25, -0.2) is 0 Å². The zero-order valence-corrected chi connectivity index (χ0v) is 14.1. The lowest BCUT2D eigenvalue weighted by atomic mass is 9.96. The lowest BCUT2D eigenvalue weighted by Gasteiger charge is -2.33. The number of nitrogens with one attached hydrogen (secondary N) is 1. The first kappa shape index (κ1) is 16.3. The number of carbonyl (C=O) groups excluding carboxylic acids is 2. The van der Waals surface area contributed by atoms with Gasteiger partial charge in [0, 0.05) is 37.8 Å². The molecule has 0 radical (unpaired) electrons. The van der Waals surface area contributed by atoms with Crippen LogP contribution in [0.5, 0.6) is 0 Å². The van der Waals surface area contributed by atoms with Gasteiger partial charge in [-0.3, -0.25) is 14.5 Å². The van der Waals surface area contributed by atoms with E-state index >= 15 is 0 Å². The maximum Gasteiger partial charge on any atom is 0.282 e. The van der Waals surface area contributed by atoms with Crippen LogP contribution < -0.4 is 5.32 Å². The summed E-state index contributed by atoms with van der Waals surface area (Å²) in [6, 6.07) is 9.99. The van der Waals surface area contributed by atoms with E-state index in [9.17, 15) is 9.59 Å². The van der Waals surface area contributed by atoms with Gasteiger partial charge in [0.2, 0.25) is 5.91 Å². The Balaban J connectivity index is 1.39. The normalized spacial score (nSPS) is 20.0. The summed E-state index contributed by atoms with van der Waals surface area (Å²) in [4.78, 5) is 28.1. The van der Waals surface area contributed by atoms with E-state index in [1.54, 1.807) is 0 Å². The van der Waals surface area contributed by atoms with Gasteiger partial charge in [0.1, 0.15) is 0 Å². The second-order valence-corrected chi connectivity index (χ2v) is 7.16. The molecule has 2 saturated heterocycles. The Labute approximate surface area is 141 Å². The van der Waals surface area contributed by atoms with E-state index in [0.717, 1.165) is 43.8 Å². The summed E-state index contributed by atoms with van der Waals surface area (Å²) in [6.07, 6.45) is 1.74. The van der Waals surface area contributed by atoms with Gasteiger partial charge < -0.3 is 10.2 Å². The lowest BCUT2D eigenvalue weighted by Crippen LogP contribution is -2.45. The fourth-order valence-electron chi connectivity index (χ4n) is 3.06. The topological polar surface area (TPSA) is 52.7 Å². The highest BCUT2D eigenvalue weighted by Crippen LogP contribution is 2.21. The summed E-state index contributed by atoms with van der Waals surface area (Å²) in [5.41, 5.74) is 1.13. The summed E-state index contributed by atoms with van der Waals surface area (Å²) >= 11 is 1.40. The fourth-order valence-corrected chi connectivity index (χ4v) is 3.88. The molecule has 6 heteroatoms. The van der Waals surface area contributed by atoms with Crippen molar-refractivity contribution in [1.82, 2.24) is 15.1 Å². The number of benzene rings is 1. The van der Waals surface area contributed by atoms with Crippen LogP contribution in [0, 0.1) is 5.92 Å². The number of piperidine rings is 1. The SMILES string of the molecule is O=C(NCc1ccccc1)C1CCN(CN2CCSC2=O)CC1. The van der Waals surface area contributed by atoms with Crippen LogP contribution in [-0.4, -0.2) is 53.0 Å². The van der Waals surface area contributed by atoms with E-state index in [0.29, 0.717) is 13.2 Å². The predicted octanol–water partition coefficient (Wildman–Crippen LogP) is 2.14. The van der Waals surface area contributed by atoms with E-state index in [2.05, 4.69) is 10.2 Å². The van der Waals surface area contributed by atoms with Crippen molar-refractivity contribution in [2.75, 3.05) is 32.1 Å². The first-order valence-electron chi connectivity index (χ1n) is 8.18. The largest absolute Gasteiger partial charge is 0.352 e. The molecule has 1 aromatic carbocycles. The summed E-state index contributed by atoms with van der Waals surface area (Å²) in [7, 11) is 0. The number of hydrogen-bond acceptors (Lipinski definition) is 4. The fraction of sp³-hybridized carbons (Fsp3) is 0.529. The number of likely N-dealkylation sites (tertiary alicyclic amines) is 1. The highest BCUT2D eigenvalue weighted by Gasteiger charge is 2.28. The minimum Gasteiger partial charge on any atom is -0.352 e. The zero-order chi connectivity index (χ0) is 16.1. The molecule has 2 fully saturated rings. The van der Waals surface area contributed by atoms with Gasteiger partial charge in [-0.15, -0.1) is 0 Å². The van der Waals surface area contributed by atoms with Gasteiger partial charge >= 0.3 is 0 Å². The number of hydrogen-bond donors (Lipinski definition) is 1. The monoisotopic (exact) mass is 333 g/mol. The number of rotatable bonds is 5. The number of thioether (sulfide) groups is 1. The molecule has 2 aliphatic heterocycles. The number of amides is 2. The van der Waals surface area contributed by atoms with E-state index in [4.69, 9.17) is 0 Å². The number of nitrogens with zero attached hydrogens (tertiary/aromatic N) is 2. The summed E-state index contributed by atoms with van der Waals surface area (Å²) in [5.74, 6) is 1.15. The highest BCUT2D eigenvalue weighted by atomic mass is 32.2. The molecule has 5 nitrogen and oxygen atoms in total. The van der Waals surface area contributed by atoms with E-state index in [1.165, 1.54) is 11.8 Å². The zero-order valence-electron chi connectivity index (χ0n) is 13.2. The van der Waals surface area contributed by atoms with Crippen molar-refractivity contribution in [1.29, 1.82) is 0 Å². The summed E-state index contributed by atoms with van der Waals surface area (Å²) < 4.78 is 0. The van der Waals surface area contributed by atoms with Gasteiger partial charge in [0.05, 0.1) is 6.67 Å². The molecule has 0 atom stereocenters. The van der Waals surface area contributed by atoms with Gasteiger partial charge in [-0.1, -0.05) is 42.1 Å². The van der Waals surface area contributed by atoms with Crippen molar-refractivity contribution in [2.24, 2.45) is 5.92 Å². The third-order valence-electron chi connectivity index (χ3n) is 4.48. The van der Waals surface area contributed by atoms with E-state index in [1.807, 2.05) is 35.2 Å². The Hall–Kier alpha value is -1.53. The molecule has 124 valence electrons. The van der Waals surface area contributed by atoms with Crippen molar-refractivity contribution in [3.05, 3.63) is 35.9 Å². The molecule has 0 saturated carbocycles. The van der Waals surface area contributed by atoms with Crippen molar-refractivity contribution < 1.29 is 9.59 Å². The molecule has 0 spiro atoms. The van der Waals surface area contributed by atoms with Crippen LogP contribution in [-0.2, 0) is 11.3 Å². The van der Waals surface area contributed by atoms with E-state index < -0.39 is 0 Å². The van der Waals surface area contributed by atoms with Crippen LogP contribution in [0.25, 0.3) is 0 Å². The Morgan fingerprint density at radius 1 is 1.17 bits per heavy atom. The molecular weight excluding hydrogens is 310 g/mol. The molecule has 2 heterocycles. The smallest absolute Gasteiger partial charge is 0.282 e.